The molecule has 0 radical (unpaired) electrons. The van der Waals surface area contributed by atoms with E-state index in [0.717, 1.165) is 29.6 Å². The Morgan fingerprint density at radius 2 is 2.12 bits per heavy atom. The monoisotopic (exact) mass is 352 g/mol. The fourth-order valence-corrected chi connectivity index (χ4v) is 3.76. The van der Waals surface area contributed by atoms with Crippen molar-refractivity contribution >= 4 is 16.9 Å². The number of piperidine rings is 1. The lowest BCUT2D eigenvalue weighted by molar-refractivity contribution is -0.131. The van der Waals surface area contributed by atoms with Gasteiger partial charge in [-0.15, -0.1) is 0 Å². The Bertz CT molecular complexity index is 952. The van der Waals surface area contributed by atoms with Crippen LogP contribution in [0.15, 0.2) is 42.6 Å². The maximum Gasteiger partial charge on any atom is 0.227 e. The number of aryl methyl sites for hydroxylation is 1. The highest BCUT2D eigenvalue weighted by molar-refractivity contribution is 5.80. The Balaban J connectivity index is 1.54. The molecule has 0 unspecified atom stereocenters. The molecule has 1 aliphatic heterocycles. The third-order valence-corrected chi connectivity index (χ3v) is 5.09. The van der Waals surface area contributed by atoms with Gasteiger partial charge in [0.05, 0.1) is 12.1 Å². The van der Waals surface area contributed by atoms with E-state index in [-0.39, 0.29) is 24.1 Å². The van der Waals surface area contributed by atoms with Gasteiger partial charge < -0.3 is 4.90 Å². The Morgan fingerprint density at radius 3 is 2.96 bits per heavy atom. The van der Waals surface area contributed by atoms with E-state index in [0.29, 0.717) is 18.7 Å². The van der Waals surface area contributed by atoms with Gasteiger partial charge in [-0.1, -0.05) is 18.2 Å². The van der Waals surface area contributed by atoms with Crippen LogP contribution < -0.4 is 0 Å². The molecule has 1 fully saturated rings. The van der Waals surface area contributed by atoms with Crippen molar-refractivity contribution < 1.29 is 9.18 Å². The van der Waals surface area contributed by atoms with E-state index in [2.05, 4.69) is 10.1 Å². The van der Waals surface area contributed by atoms with Crippen molar-refractivity contribution in [2.45, 2.75) is 25.2 Å². The molecule has 26 heavy (non-hydrogen) atoms. The molecular weight excluding hydrogens is 331 g/mol. The van der Waals surface area contributed by atoms with Gasteiger partial charge in [0.25, 0.3) is 0 Å². The number of carbonyl (C=O) groups is 1. The molecule has 1 aliphatic rings. The lowest BCUT2D eigenvalue weighted by Gasteiger charge is -2.32. The first-order valence-corrected chi connectivity index (χ1v) is 8.92. The highest BCUT2D eigenvalue weighted by atomic mass is 19.1. The number of carbonyl (C=O) groups excluding carboxylic acids is 1. The number of fused-ring (bicyclic) bond motifs is 1. The molecule has 0 aliphatic carbocycles. The van der Waals surface area contributed by atoms with Crippen LogP contribution in [-0.2, 0) is 18.3 Å². The predicted molar refractivity (Wildman–Crippen MR) is 97.2 cm³/mol. The normalized spacial score (nSPS) is 17.6. The molecular formula is C20H21FN4O. The maximum absolute atomic E-state index is 13.8. The molecule has 1 saturated heterocycles. The molecule has 1 aromatic carbocycles. The highest BCUT2D eigenvalue weighted by Gasteiger charge is 2.28. The van der Waals surface area contributed by atoms with Gasteiger partial charge in [0, 0.05) is 37.6 Å². The number of amides is 1. The predicted octanol–water partition coefficient (Wildman–Crippen LogP) is 3.06. The number of likely N-dealkylation sites (tertiary alicyclic amines) is 1. The second-order valence-corrected chi connectivity index (χ2v) is 6.83. The molecule has 0 bridgehead atoms. The number of benzene rings is 1. The molecule has 134 valence electrons. The second kappa shape index (κ2) is 6.86. The van der Waals surface area contributed by atoms with Gasteiger partial charge in [-0.25, -0.2) is 9.37 Å². The van der Waals surface area contributed by atoms with Gasteiger partial charge in [-0.05, 0) is 36.6 Å². The topological polar surface area (TPSA) is 51.0 Å². The van der Waals surface area contributed by atoms with Gasteiger partial charge in [0.2, 0.25) is 5.91 Å². The summed E-state index contributed by atoms with van der Waals surface area (Å²) in [5.41, 5.74) is 2.31. The standard InChI is InChI=1S/C20H21FN4O/c1-24-20-16(8-4-10-22-20)19(23-24)15-7-5-11-25(13-15)18(26)12-14-6-2-3-9-17(14)21/h2-4,6,8-10,15H,5,7,11-13H2,1H3/t15-/m1/s1. The van der Waals surface area contributed by atoms with Crippen LogP contribution in [0.5, 0.6) is 0 Å². The van der Waals surface area contributed by atoms with E-state index < -0.39 is 0 Å². The van der Waals surface area contributed by atoms with Crippen molar-refractivity contribution in [3.05, 3.63) is 59.7 Å². The quantitative estimate of drug-likeness (QED) is 0.728. The summed E-state index contributed by atoms with van der Waals surface area (Å²) in [6.45, 7) is 1.33. The van der Waals surface area contributed by atoms with Crippen LogP contribution in [0.4, 0.5) is 4.39 Å². The summed E-state index contributed by atoms with van der Waals surface area (Å²) < 4.78 is 15.6. The zero-order chi connectivity index (χ0) is 18.1. The number of nitrogens with zero attached hydrogens (tertiary/aromatic N) is 4. The molecule has 0 spiro atoms. The molecule has 3 aromatic rings. The average molecular weight is 352 g/mol. The lowest BCUT2D eigenvalue weighted by Crippen LogP contribution is -2.40. The summed E-state index contributed by atoms with van der Waals surface area (Å²) in [5.74, 6) is -0.171. The highest BCUT2D eigenvalue weighted by Crippen LogP contribution is 2.31. The Kier molecular flexibility index (Phi) is 4.41. The summed E-state index contributed by atoms with van der Waals surface area (Å²) in [6, 6.07) is 10.4. The molecule has 1 amide bonds. The van der Waals surface area contributed by atoms with Crippen molar-refractivity contribution in [1.29, 1.82) is 0 Å². The smallest absolute Gasteiger partial charge is 0.227 e. The van der Waals surface area contributed by atoms with Gasteiger partial charge in [-0.3, -0.25) is 9.48 Å². The summed E-state index contributed by atoms with van der Waals surface area (Å²) in [6.07, 6.45) is 3.78. The van der Waals surface area contributed by atoms with Crippen LogP contribution in [0.1, 0.15) is 30.0 Å². The van der Waals surface area contributed by atoms with Crippen molar-refractivity contribution in [2.24, 2.45) is 7.05 Å². The summed E-state index contributed by atoms with van der Waals surface area (Å²) in [7, 11) is 1.89. The summed E-state index contributed by atoms with van der Waals surface area (Å²) in [4.78, 5) is 18.9. The number of halogens is 1. The van der Waals surface area contributed by atoms with Crippen LogP contribution in [0.2, 0.25) is 0 Å². The number of pyridine rings is 1. The average Bonchev–Trinajstić information content (AvgIpc) is 3.01. The zero-order valence-corrected chi connectivity index (χ0v) is 14.7. The SMILES string of the molecule is Cn1nc([C@@H]2CCCN(C(=O)Cc3ccccc3F)C2)c2cccnc21. The van der Waals surface area contributed by atoms with Crippen molar-refractivity contribution in [2.75, 3.05) is 13.1 Å². The fourth-order valence-electron chi connectivity index (χ4n) is 3.76. The second-order valence-electron chi connectivity index (χ2n) is 6.83. The van der Waals surface area contributed by atoms with Gasteiger partial charge in [0.1, 0.15) is 5.82 Å². The summed E-state index contributed by atoms with van der Waals surface area (Å²) >= 11 is 0. The molecule has 1 atom stereocenters. The Morgan fingerprint density at radius 1 is 1.27 bits per heavy atom. The van der Waals surface area contributed by atoms with E-state index in [1.165, 1.54) is 6.07 Å². The minimum absolute atomic E-state index is 0.0295. The first kappa shape index (κ1) is 16.7. The lowest BCUT2D eigenvalue weighted by atomic mass is 9.93. The molecule has 4 rings (SSSR count). The third kappa shape index (κ3) is 3.07. The van der Waals surface area contributed by atoms with Crippen LogP contribution in [0, 0.1) is 5.82 Å². The fraction of sp³-hybridized carbons (Fsp3) is 0.350. The van der Waals surface area contributed by atoms with E-state index in [1.807, 2.05) is 24.1 Å². The minimum Gasteiger partial charge on any atom is -0.342 e. The first-order chi connectivity index (χ1) is 12.6. The van der Waals surface area contributed by atoms with Gasteiger partial charge in [-0.2, -0.15) is 5.10 Å². The first-order valence-electron chi connectivity index (χ1n) is 8.92. The van der Waals surface area contributed by atoms with Crippen LogP contribution in [0.3, 0.4) is 0 Å². The molecule has 3 heterocycles. The van der Waals surface area contributed by atoms with Gasteiger partial charge >= 0.3 is 0 Å². The van der Waals surface area contributed by atoms with Crippen LogP contribution in [0.25, 0.3) is 11.0 Å². The van der Waals surface area contributed by atoms with Crippen molar-refractivity contribution in [3.63, 3.8) is 0 Å². The van der Waals surface area contributed by atoms with Crippen LogP contribution >= 0.6 is 0 Å². The largest absolute Gasteiger partial charge is 0.342 e. The Hall–Kier alpha value is -2.76. The van der Waals surface area contributed by atoms with E-state index in [9.17, 15) is 9.18 Å². The third-order valence-electron chi connectivity index (χ3n) is 5.09. The zero-order valence-electron chi connectivity index (χ0n) is 14.7. The van der Waals surface area contributed by atoms with Crippen molar-refractivity contribution in [1.82, 2.24) is 19.7 Å². The molecule has 2 aromatic heterocycles. The molecule has 6 heteroatoms. The van der Waals surface area contributed by atoms with E-state index in [4.69, 9.17) is 0 Å². The molecule has 0 saturated carbocycles. The number of rotatable bonds is 3. The van der Waals surface area contributed by atoms with E-state index in [1.54, 1.807) is 29.1 Å². The Labute approximate surface area is 151 Å². The van der Waals surface area contributed by atoms with E-state index >= 15 is 0 Å². The summed E-state index contributed by atoms with van der Waals surface area (Å²) in [5, 5.41) is 5.71. The number of aromatic nitrogens is 3. The molecule has 0 N–H and O–H groups in total. The minimum atomic E-state index is -0.323. The number of hydrogen-bond donors (Lipinski definition) is 0. The van der Waals surface area contributed by atoms with Crippen molar-refractivity contribution in [3.8, 4) is 0 Å². The number of hydrogen-bond acceptors (Lipinski definition) is 3. The van der Waals surface area contributed by atoms with Gasteiger partial charge in [0.15, 0.2) is 5.65 Å². The maximum atomic E-state index is 13.8. The molecule has 5 nitrogen and oxygen atoms in total. The van der Waals surface area contributed by atoms with Crippen LogP contribution in [-0.4, -0.2) is 38.7 Å².